The first kappa shape index (κ1) is 18.0. The van der Waals surface area contributed by atoms with Crippen LogP contribution in [0.5, 0.6) is 5.75 Å². The highest BCUT2D eigenvalue weighted by atomic mass is 79.9. The summed E-state index contributed by atoms with van der Waals surface area (Å²) in [4.78, 5) is 14.3. The first-order valence-electron chi connectivity index (χ1n) is 8.43. The first-order valence-corrected chi connectivity index (χ1v) is 9.60. The molecule has 0 spiro atoms. The fourth-order valence-corrected chi connectivity index (χ4v) is 3.41. The summed E-state index contributed by atoms with van der Waals surface area (Å²) in [6, 6.07) is 14.9. The number of carbonyl (C=O) groups excluding carboxylic acids is 1. The summed E-state index contributed by atoms with van der Waals surface area (Å²) in [5.74, 6) is 0.712. The molecule has 0 aliphatic carbocycles. The third-order valence-electron chi connectivity index (χ3n) is 4.37. The zero-order chi connectivity index (χ0) is 18.8. The Balaban J connectivity index is 1.34. The molecular formula is C19H16BrClN4O2. The number of halogens is 2. The van der Waals surface area contributed by atoms with Crippen LogP contribution >= 0.6 is 27.5 Å². The van der Waals surface area contributed by atoms with Gasteiger partial charge in [0.25, 0.3) is 5.91 Å². The molecule has 0 N–H and O–H groups in total. The highest BCUT2D eigenvalue weighted by Gasteiger charge is 2.34. The Labute approximate surface area is 169 Å². The Morgan fingerprint density at radius 1 is 1.22 bits per heavy atom. The van der Waals surface area contributed by atoms with Gasteiger partial charge < -0.3 is 9.64 Å². The maximum absolute atomic E-state index is 12.6. The minimum atomic E-state index is -0.0784. The quantitative estimate of drug-likeness (QED) is 0.594. The summed E-state index contributed by atoms with van der Waals surface area (Å²) < 4.78 is 8.29. The number of likely N-dealkylation sites (tertiary alicyclic amines) is 1. The van der Waals surface area contributed by atoms with Crippen LogP contribution in [0.1, 0.15) is 22.1 Å². The lowest BCUT2D eigenvalue weighted by molar-refractivity contribution is 0.0498. The lowest BCUT2D eigenvalue weighted by Crippen LogP contribution is -2.51. The van der Waals surface area contributed by atoms with Gasteiger partial charge in [-0.3, -0.25) is 4.79 Å². The second kappa shape index (κ2) is 7.70. The number of amides is 1. The number of rotatable bonds is 5. The van der Waals surface area contributed by atoms with Crippen molar-refractivity contribution in [2.75, 3.05) is 13.1 Å². The maximum Gasteiger partial charge on any atom is 0.255 e. The van der Waals surface area contributed by atoms with Crippen molar-refractivity contribution in [3.63, 3.8) is 0 Å². The van der Waals surface area contributed by atoms with Crippen molar-refractivity contribution in [1.29, 1.82) is 0 Å². The topological polar surface area (TPSA) is 60.2 Å². The number of nitrogens with zero attached hydrogens (tertiary/aromatic N) is 4. The van der Waals surface area contributed by atoms with Crippen molar-refractivity contribution >= 4 is 33.4 Å². The number of para-hydroxylation sites is 1. The summed E-state index contributed by atoms with van der Waals surface area (Å²) in [7, 11) is 0. The van der Waals surface area contributed by atoms with Gasteiger partial charge in [-0.15, -0.1) is 5.10 Å². The predicted molar refractivity (Wildman–Crippen MR) is 105 cm³/mol. The molecule has 0 atom stereocenters. The summed E-state index contributed by atoms with van der Waals surface area (Å²) in [6.07, 6.45) is 1.86. The van der Waals surface area contributed by atoms with Crippen LogP contribution in [-0.4, -0.2) is 38.9 Å². The molecule has 3 aromatic rings. The van der Waals surface area contributed by atoms with Crippen molar-refractivity contribution < 1.29 is 9.53 Å². The SMILES string of the molecule is O=C(c1cc(Br)ccc1Cl)N1CC(n2cc(COc3ccccc3)nn2)C1. The Morgan fingerprint density at radius 3 is 2.78 bits per heavy atom. The molecule has 0 bridgehead atoms. The van der Waals surface area contributed by atoms with Crippen molar-refractivity contribution in [2.24, 2.45) is 0 Å². The molecule has 27 heavy (non-hydrogen) atoms. The zero-order valence-electron chi connectivity index (χ0n) is 14.3. The Bertz CT molecular complexity index is 957. The third kappa shape index (κ3) is 3.99. The van der Waals surface area contributed by atoms with E-state index < -0.39 is 0 Å². The number of aromatic nitrogens is 3. The molecule has 6 nitrogen and oxygen atoms in total. The molecule has 8 heteroatoms. The smallest absolute Gasteiger partial charge is 0.255 e. The van der Waals surface area contributed by atoms with Crippen LogP contribution in [0, 0.1) is 0 Å². The van der Waals surface area contributed by atoms with Gasteiger partial charge in [-0.05, 0) is 30.3 Å². The van der Waals surface area contributed by atoms with Crippen molar-refractivity contribution in [2.45, 2.75) is 12.6 Å². The average Bonchev–Trinajstić information content (AvgIpc) is 3.10. The van der Waals surface area contributed by atoms with E-state index in [2.05, 4.69) is 26.2 Å². The lowest BCUT2D eigenvalue weighted by Gasteiger charge is -2.39. The van der Waals surface area contributed by atoms with Gasteiger partial charge in [-0.1, -0.05) is 50.9 Å². The second-order valence-electron chi connectivity index (χ2n) is 6.28. The Kier molecular flexibility index (Phi) is 5.13. The molecule has 1 aromatic heterocycles. The predicted octanol–water partition coefficient (Wildman–Crippen LogP) is 3.97. The molecule has 1 aliphatic rings. The Hall–Kier alpha value is -2.38. The monoisotopic (exact) mass is 446 g/mol. The first-order chi connectivity index (χ1) is 13.1. The fraction of sp³-hybridized carbons (Fsp3) is 0.211. The third-order valence-corrected chi connectivity index (χ3v) is 5.19. The van der Waals surface area contributed by atoms with E-state index in [9.17, 15) is 4.79 Å². The molecule has 1 aliphatic heterocycles. The molecule has 0 radical (unpaired) electrons. The molecule has 1 fully saturated rings. The van der Waals surface area contributed by atoms with Gasteiger partial charge in [-0.2, -0.15) is 0 Å². The van der Waals surface area contributed by atoms with E-state index in [0.717, 1.165) is 15.9 Å². The molecule has 0 saturated carbocycles. The Morgan fingerprint density at radius 2 is 2.00 bits per heavy atom. The molecule has 138 valence electrons. The van der Waals surface area contributed by atoms with Gasteiger partial charge in [-0.25, -0.2) is 4.68 Å². The van der Waals surface area contributed by atoms with Gasteiger partial charge in [0, 0.05) is 17.6 Å². The minimum Gasteiger partial charge on any atom is -0.487 e. The largest absolute Gasteiger partial charge is 0.487 e. The van der Waals surface area contributed by atoms with E-state index in [1.54, 1.807) is 21.7 Å². The van der Waals surface area contributed by atoms with Gasteiger partial charge in [0.05, 0.1) is 22.8 Å². The highest BCUT2D eigenvalue weighted by molar-refractivity contribution is 9.10. The van der Waals surface area contributed by atoms with Gasteiger partial charge in [0.1, 0.15) is 18.1 Å². The van der Waals surface area contributed by atoms with E-state index in [1.165, 1.54) is 0 Å². The minimum absolute atomic E-state index is 0.0784. The number of ether oxygens (including phenoxy) is 1. The maximum atomic E-state index is 12.6. The number of benzene rings is 2. The highest BCUT2D eigenvalue weighted by Crippen LogP contribution is 2.27. The van der Waals surface area contributed by atoms with Crippen LogP contribution in [0.2, 0.25) is 5.02 Å². The van der Waals surface area contributed by atoms with E-state index >= 15 is 0 Å². The summed E-state index contributed by atoms with van der Waals surface area (Å²) in [5, 5.41) is 8.76. The molecule has 2 heterocycles. The molecule has 1 amide bonds. The van der Waals surface area contributed by atoms with Crippen LogP contribution in [0.15, 0.2) is 59.2 Å². The normalized spacial score (nSPS) is 14.1. The lowest BCUT2D eigenvalue weighted by atomic mass is 10.1. The molecule has 0 unspecified atom stereocenters. The van der Waals surface area contributed by atoms with Crippen molar-refractivity contribution in [1.82, 2.24) is 19.9 Å². The van der Waals surface area contributed by atoms with Crippen molar-refractivity contribution in [3.05, 3.63) is 75.5 Å². The summed E-state index contributed by atoms with van der Waals surface area (Å²) in [6.45, 7) is 1.50. The van der Waals surface area contributed by atoms with Gasteiger partial charge in [0.15, 0.2) is 0 Å². The van der Waals surface area contributed by atoms with Crippen LogP contribution in [0.4, 0.5) is 0 Å². The standard InChI is InChI=1S/C19H16BrClN4O2/c20-13-6-7-18(21)17(8-13)19(26)24-10-15(11-24)25-9-14(22-23-25)12-27-16-4-2-1-3-5-16/h1-9,15H,10-12H2. The van der Waals surface area contributed by atoms with Gasteiger partial charge >= 0.3 is 0 Å². The van der Waals surface area contributed by atoms with Crippen LogP contribution < -0.4 is 4.74 Å². The number of hydrogen-bond donors (Lipinski definition) is 0. The number of carbonyl (C=O) groups is 1. The molecule has 4 rings (SSSR count). The van der Waals surface area contributed by atoms with E-state index in [4.69, 9.17) is 16.3 Å². The molecule has 1 saturated heterocycles. The van der Waals surface area contributed by atoms with Crippen LogP contribution in [0.25, 0.3) is 0 Å². The van der Waals surface area contributed by atoms with Crippen LogP contribution in [0.3, 0.4) is 0 Å². The van der Waals surface area contributed by atoms with E-state index in [-0.39, 0.29) is 11.9 Å². The second-order valence-corrected chi connectivity index (χ2v) is 7.60. The van der Waals surface area contributed by atoms with Crippen molar-refractivity contribution in [3.8, 4) is 5.75 Å². The van der Waals surface area contributed by atoms with Gasteiger partial charge in [0.2, 0.25) is 0 Å². The molecular weight excluding hydrogens is 432 g/mol. The van der Waals surface area contributed by atoms with E-state index in [0.29, 0.717) is 30.3 Å². The van der Waals surface area contributed by atoms with Crippen LogP contribution in [-0.2, 0) is 6.61 Å². The summed E-state index contributed by atoms with van der Waals surface area (Å²) in [5.41, 5.74) is 1.25. The fourth-order valence-electron chi connectivity index (χ4n) is 2.85. The average molecular weight is 448 g/mol. The summed E-state index contributed by atoms with van der Waals surface area (Å²) >= 11 is 9.52. The van der Waals surface area contributed by atoms with E-state index in [1.807, 2.05) is 42.6 Å². The molecule has 2 aromatic carbocycles. The number of hydrogen-bond acceptors (Lipinski definition) is 4. The zero-order valence-corrected chi connectivity index (χ0v) is 16.6.